The van der Waals surface area contributed by atoms with E-state index in [0.717, 1.165) is 11.8 Å². The van der Waals surface area contributed by atoms with Crippen molar-refractivity contribution in [1.29, 1.82) is 0 Å². The lowest BCUT2D eigenvalue weighted by atomic mass is 10.0. The van der Waals surface area contributed by atoms with Gasteiger partial charge in [-0.25, -0.2) is 0 Å². The van der Waals surface area contributed by atoms with Crippen LogP contribution < -0.4 is 5.73 Å². The molecule has 0 amide bonds. The molecule has 19 heavy (non-hydrogen) atoms. The smallest absolute Gasteiger partial charge is 0.0595 e. The summed E-state index contributed by atoms with van der Waals surface area (Å²) in [6.07, 6.45) is 4.18. The zero-order chi connectivity index (χ0) is 13.4. The van der Waals surface area contributed by atoms with Crippen LogP contribution >= 0.6 is 23.2 Å². The minimum Gasteiger partial charge on any atom is -0.329 e. The third kappa shape index (κ3) is 2.64. The van der Waals surface area contributed by atoms with Crippen LogP contribution in [0.5, 0.6) is 0 Å². The van der Waals surface area contributed by atoms with Gasteiger partial charge in [-0.3, -0.25) is 4.90 Å². The summed E-state index contributed by atoms with van der Waals surface area (Å²) < 4.78 is 0. The minimum atomic E-state index is 0.278. The van der Waals surface area contributed by atoms with Crippen molar-refractivity contribution in [2.75, 3.05) is 19.6 Å². The topological polar surface area (TPSA) is 29.3 Å². The summed E-state index contributed by atoms with van der Waals surface area (Å²) >= 11 is 12.1. The predicted octanol–water partition coefficient (Wildman–Crippen LogP) is 3.73. The van der Waals surface area contributed by atoms with Crippen LogP contribution in [0.15, 0.2) is 18.2 Å². The first-order valence-corrected chi connectivity index (χ1v) is 7.83. The average molecular weight is 299 g/mol. The molecule has 1 heterocycles. The summed E-state index contributed by atoms with van der Waals surface area (Å²) in [7, 11) is 0. The van der Waals surface area contributed by atoms with Gasteiger partial charge in [0.05, 0.1) is 10.0 Å². The average Bonchev–Trinajstić information content (AvgIpc) is 2.95. The Morgan fingerprint density at radius 2 is 1.84 bits per heavy atom. The highest BCUT2D eigenvalue weighted by atomic mass is 35.5. The van der Waals surface area contributed by atoms with Crippen molar-refractivity contribution < 1.29 is 0 Å². The molecular weight excluding hydrogens is 279 g/mol. The molecule has 0 spiro atoms. The molecule has 2 fully saturated rings. The van der Waals surface area contributed by atoms with E-state index in [-0.39, 0.29) is 6.04 Å². The maximum absolute atomic E-state index is 6.13. The molecule has 4 heteroatoms. The highest BCUT2D eigenvalue weighted by Gasteiger charge is 2.38. The number of rotatable bonds is 3. The number of halogens is 2. The number of likely N-dealkylation sites (tertiary alicyclic amines) is 1. The summed E-state index contributed by atoms with van der Waals surface area (Å²) in [6.45, 7) is 3.01. The van der Waals surface area contributed by atoms with Crippen molar-refractivity contribution in [3.05, 3.63) is 33.8 Å². The van der Waals surface area contributed by atoms with Gasteiger partial charge in [0.25, 0.3) is 0 Å². The lowest BCUT2D eigenvalue weighted by molar-refractivity contribution is 0.232. The monoisotopic (exact) mass is 298 g/mol. The molecule has 2 N–H and O–H groups in total. The molecule has 1 aliphatic heterocycles. The third-order valence-electron chi connectivity index (χ3n) is 4.75. The Morgan fingerprint density at radius 1 is 1.16 bits per heavy atom. The summed E-state index contributed by atoms with van der Waals surface area (Å²) in [5.41, 5.74) is 7.20. The first kappa shape index (κ1) is 13.7. The molecule has 1 aliphatic carbocycles. The van der Waals surface area contributed by atoms with Crippen LogP contribution in [0.2, 0.25) is 10.0 Å². The largest absolute Gasteiger partial charge is 0.329 e. The molecule has 3 atom stereocenters. The van der Waals surface area contributed by atoms with Crippen LogP contribution in [-0.4, -0.2) is 24.5 Å². The summed E-state index contributed by atoms with van der Waals surface area (Å²) in [5.74, 6) is 1.77. The van der Waals surface area contributed by atoms with Gasteiger partial charge in [-0.05, 0) is 42.4 Å². The fourth-order valence-corrected chi connectivity index (χ4v) is 4.05. The van der Waals surface area contributed by atoms with Crippen LogP contribution in [0.3, 0.4) is 0 Å². The van der Waals surface area contributed by atoms with E-state index in [4.69, 9.17) is 28.9 Å². The number of nitrogens with zero attached hydrogens (tertiary/aromatic N) is 1. The Hall–Kier alpha value is -0.280. The SMILES string of the molecule is NCC(c1ccc(Cl)c(Cl)c1)N1CC2CCCC2C1. The van der Waals surface area contributed by atoms with Gasteiger partial charge < -0.3 is 5.73 Å². The second-order valence-electron chi connectivity index (χ2n) is 5.83. The van der Waals surface area contributed by atoms with E-state index in [1.165, 1.54) is 37.9 Å². The van der Waals surface area contributed by atoms with Crippen molar-refractivity contribution in [1.82, 2.24) is 4.90 Å². The molecule has 1 saturated heterocycles. The van der Waals surface area contributed by atoms with Crippen LogP contribution in [0, 0.1) is 11.8 Å². The van der Waals surface area contributed by atoms with E-state index < -0.39 is 0 Å². The van der Waals surface area contributed by atoms with Crippen molar-refractivity contribution in [3.63, 3.8) is 0 Å². The van der Waals surface area contributed by atoms with Crippen LogP contribution in [-0.2, 0) is 0 Å². The Morgan fingerprint density at radius 3 is 2.42 bits per heavy atom. The lowest BCUT2D eigenvalue weighted by Crippen LogP contribution is -2.32. The maximum atomic E-state index is 6.13. The van der Waals surface area contributed by atoms with Crippen LogP contribution in [0.25, 0.3) is 0 Å². The normalized spacial score (nSPS) is 28.6. The molecule has 1 aromatic carbocycles. The van der Waals surface area contributed by atoms with Crippen LogP contribution in [0.1, 0.15) is 30.9 Å². The molecule has 0 radical (unpaired) electrons. The van der Waals surface area contributed by atoms with Gasteiger partial charge in [0.15, 0.2) is 0 Å². The maximum Gasteiger partial charge on any atom is 0.0595 e. The van der Waals surface area contributed by atoms with Gasteiger partial charge in [0, 0.05) is 25.7 Å². The van der Waals surface area contributed by atoms with Gasteiger partial charge in [0.1, 0.15) is 0 Å². The van der Waals surface area contributed by atoms with Crippen LogP contribution in [0.4, 0.5) is 0 Å². The molecule has 0 aromatic heterocycles. The number of benzene rings is 1. The first-order valence-electron chi connectivity index (χ1n) is 7.08. The van der Waals surface area contributed by atoms with Gasteiger partial charge in [-0.15, -0.1) is 0 Å². The van der Waals surface area contributed by atoms with Crippen molar-refractivity contribution >= 4 is 23.2 Å². The fourth-order valence-electron chi connectivity index (χ4n) is 3.74. The van der Waals surface area contributed by atoms with Crippen molar-refractivity contribution in [2.24, 2.45) is 17.6 Å². The molecule has 2 aliphatic rings. The molecule has 0 bridgehead atoms. The molecule has 1 saturated carbocycles. The lowest BCUT2D eigenvalue weighted by Gasteiger charge is -2.28. The van der Waals surface area contributed by atoms with Gasteiger partial charge >= 0.3 is 0 Å². The quantitative estimate of drug-likeness (QED) is 0.921. The second-order valence-corrected chi connectivity index (χ2v) is 6.64. The third-order valence-corrected chi connectivity index (χ3v) is 5.49. The molecule has 104 valence electrons. The zero-order valence-corrected chi connectivity index (χ0v) is 12.5. The zero-order valence-electron chi connectivity index (χ0n) is 11.0. The van der Waals surface area contributed by atoms with Crippen molar-refractivity contribution in [2.45, 2.75) is 25.3 Å². The van der Waals surface area contributed by atoms with E-state index in [1.54, 1.807) is 0 Å². The molecule has 2 nitrogen and oxygen atoms in total. The van der Waals surface area contributed by atoms with Gasteiger partial charge in [-0.1, -0.05) is 35.7 Å². The Labute approximate surface area is 124 Å². The van der Waals surface area contributed by atoms with Gasteiger partial charge in [0.2, 0.25) is 0 Å². The number of nitrogens with two attached hydrogens (primary N) is 1. The van der Waals surface area contributed by atoms with Gasteiger partial charge in [-0.2, -0.15) is 0 Å². The van der Waals surface area contributed by atoms with Crippen molar-refractivity contribution in [3.8, 4) is 0 Å². The van der Waals surface area contributed by atoms with E-state index >= 15 is 0 Å². The molecular formula is C15H20Cl2N2. The Bertz CT molecular complexity index is 451. The standard InChI is InChI=1S/C15H20Cl2N2/c16-13-5-4-10(6-14(13)17)15(7-18)19-8-11-2-1-3-12(11)9-19/h4-6,11-12,15H,1-3,7-9,18H2. The van der Waals surface area contributed by atoms with E-state index in [9.17, 15) is 0 Å². The summed E-state index contributed by atoms with van der Waals surface area (Å²) in [6, 6.07) is 6.18. The highest BCUT2D eigenvalue weighted by Crippen LogP contribution is 2.41. The second kappa shape index (κ2) is 5.61. The number of hydrogen-bond donors (Lipinski definition) is 1. The Kier molecular flexibility index (Phi) is 4.04. The molecule has 3 rings (SSSR count). The minimum absolute atomic E-state index is 0.278. The fraction of sp³-hybridized carbons (Fsp3) is 0.600. The Balaban J connectivity index is 1.79. The highest BCUT2D eigenvalue weighted by molar-refractivity contribution is 6.42. The molecule has 3 unspecified atom stereocenters. The molecule has 1 aromatic rings. The summed E-state index contributed by atoms with van der Waals surface area (Å²) in [4.78, 5) is 2.54. The number of fused-ring (bicyclic) bond motifs is 1. The first-order chi connectivity index (χ1) is 9.19. The number of hydrogen-bond acceptors (Lipinski definition) is 2. The summed E-state index contributed by atoms with van der Waals surface area (Å²) in [5, 5.41) is 1.23. The van der Waals surface area contributed by atoms with E-state index in [1.807, 2.05) is 12.1 Å². The van der Waals surface area contributed by atoms with E-state index in [0.29, 0.717) is 16.6 Å². The van der Waals surface area contributed by atoms with E-state index in [2.05, 4.69) is 11.0 Å². The predicted molar refractivity (Wildman–Crippen MR) is 80.7 cm³/mol.